The van der Waals surface area contributed by atoms with Gasteiger partial charge in [-0.3, -0.25) is 4.79 Å². The molecule has 6 heteroatoms. The highest BCUT2D eigenvalue weighted by molar-refractivity contribution is 5.66. The maximum atomic E-state index is 11.0. The third-order valence-electron chi connectivity index (χ3n) is 2.59. The van der Waals surface area contributed by atoms with Gasteiger partial charge in [-0.25, -0.2) is 0 Å². The fourth-order valence-electron chi connectivity index (χ4n) is 1.86. The first kappa shape index (κ1) is 13.4. The summed E-state index contributed by atoms with van der Waals surface area (Å²) < 4.78 is 20.6. The Morgan fingerprint density at radius 1 is 1.19 bits per heavy atom. The third kappa shape index (κ3) is 2.70. The monoisotopic (exact) mass is 234 g/mol. The van der Waals surface area contributed by atoms with E-state index in [1.165, 1.54) is 21.1 Å². The zero-order chi connectivity index (χ0) is 12.3. The van der Waals surface area contributed by atoms with E-state index in [0.717, 1.165) is 0 Å². The van der Waals surface area contributed by atoms with Crippen LogP contribution in [0.1, 0.15) is 13.8 Å². The third-order valence-corrected chi connectivity index (χ3v) is 2.59. The number of carbonyl (C=O) groups is 1. The molecular formula is C10H18O6. The number of methoxy groups -OCH3 is 2. The number of ether oxygens (including phenoxy) is 4. The molecule has 1 N–H and O–H groups in total. The van der Waals surface area contributed by atoms with E-state index in [0.29, 0.717) is 0 Å². The molecule has 1 aliphatic rings. The zero-order valence-corrected chi connectivity index (χ0v) is 9.88. The minimum atomic E-state index is -1.09. The maximum Gasteiger partial charge on any atom is 0.303 e. The molecular weight excluding hydrogens is 216 g/mol. The van der Waals surface area contributed by atoms with Crippen molar-refractivity contribution >= 4 is 5.97 Å². The van der Waals surface area contributed by atoms with Crippen LogP contribution in [0.3, 0.4) is 0 Å². The Morgan fingerprint density at radius 3 is 2.19 bits per heavy atom. The summed E-state index contributed by atoms with van der Waals surface area (Å²) in [7, 11) is 2.90. The predicted octanol–water partition coefficient (Wildman–Crippen LogP) is -0.315. The normalized spacial score (nSPS) is 39.4. The van der Waals surface area contributed by atoms with Gasteiger partial charge in [0.15, 0.2) is 12.4 Å². The second-order valence-electron chi connectivity index (χ2n) is 3.71. The van der Waals surface area contributed by atoms with E-state index in [9.17, 15) is 9.90 Å². The number of carbonyl (C=O) groups excluding carboxylic acids is 1. The summed E-state index contributed by atoms with van der Waals surface area (Å²) in [6, 6.07) is 0. The number of hydrogen-bond acceptors (Lipinski definition) is 6. The first-order valence-electron chi connectivity index (χ1n) is 5.07. The van der Waals surface area contributed by atoms with Crippen LogP contribution in [0.4, 0.5) is 0 Å². The predicted molar refractivity (Wildman–Crippen MR) is 53.7 cm³/mol. The molecule has 1 fully saturated rings. The van der Waals surface area contributed by atoms with Gasteiger partial charge in [-0.2, -0.15) is 0 Å². The lowest BCUT2D eigenvalue weighted by Gasteiger charge is -2.41. The number of rotatable bonds is 3. The molecule has 1 aliphatic heterocycles. The van der Waals surface area contributed by atoms with Gasteiger partial charge in [0.2, 0.25) is 0 Å². The van der Waals surface area contributed by atoms with Crippen LogP contribution >= 0.6 is 0 Å². The largest absolute Gasteiger partial charge is 0.457 e. The van der Waals surface area contributed by atoms with Crippen molar-refractivity contribution in [2.75, 3.05) is 14.2 Å². The molecule has 94 valence electrons. The first-order valence-corrected chi connectivity index (χ1v) is 5.07. The first-order chi connectivity index (χ1) is 7.51. The Morgan fingerprint density at radius 2 is 1.75 bits per heavy atom. The number of hydrogen-bond donors (Lipinski definition) is 1. The van der Waals surface area contributed by atoms with E-state index in [1.807, 2.05) is 0 Å². The average molecular weight is 234 g/mol. The van der Waals surface area contributed by atoms with Gasteiger partial charge in [-0.1, -0.05) is 0 Å². The molecule has 1 unspecified atom stereocenters. The molecule has 6 nitrogen and oxygen atoms in total. The summed E-state index contributed by atoms with van der Waals surface area (Å²) in [6.07, 6.45) is -3.35. The molecule has 0 aromatic heterocycles. The summed E-state index contributed by atoms with van der Waals surface area (Å²) in [5, 5.41) is 9.63. The van der Waals surface area contributed by atoms with Crippen molar-refractivity contribution in [1.29, 1.82) is 0 Å². The van der Waals surface area contributed by atoms with Crippen LogP contribution in [0.15, 0.2) is 0 Å². The van der Waals surface area contributed by atoms with Gasteiger partial charge in [-0.15, -0.1) is 0 Å². The molecule has 0 aromatic rings. The SMILES string of the molecule is CO[C@@H]1[C@H](OC(C)=O)[C@H](C)OC(O)[C@H]1OC. The molecule has 0 aromatic carbocycles. The minimum Gasteiger partial charge on any atom is -0.457 e. The van der Waals surface area contributed by atoms with Crippen molar-refractivity contribution in [3.05, 3.63) is 0 Å². The lowest BCUT2D eigenvalue weighted by molar-refractivity contribution is -0.290. The van der Waals surface area contributed by atoms with E-state index >= 15 is 0 Å². The standard InChI is InChI=1S/C10H18O6/c1-5-7(16-6(2)11)8(13-3)9(14-4)10(12)15-5/h5,7-10,12H,1-4H3/t5-,7+,8+,9-,10?/m0/s1. The van der Waals surface area contributed by atoms with Crippen LogP contribution in [0, 0.1) is 0 Å². The summed E-state index contributed by atoms with van der Waals surface area (Å²) in [4.78, 5) is 11.0. The molecule has 16 heavy (non-hydrogen) atoms. The second kappa shape index (κ2) is 5.58. The molecule has 1 heterocycles. The van der Waals surface area contributed by atoms with Crippen molar-refractivity contribution in [3.8, 4) is 0 Å². The molecule has 5 atom stereocenters. The fraction of sp³-hybridized carbons (Fsp3) is 0.900. The van der Waals surface area contributed by atoms with Crippen molar-refractivity contribution in [3.63, 3.8) is 0 Å². The molecule has 1 saturated heterocycles. The summed E-state index contributed by atoms with van der Waals surface area (Å²) in [5.74, 6) is -0.422. The fourth-order valence-corrected chi connectivity index (χ4v) is 1.86. The van der Waals surface area contributed by atoms with E-state index in [-0.39, 0.29) is 0 Å². The Hall–Kier alpha value is -0.690. The van der Waals surface area contributed by atoms with E-state index < -0.39 is 36.7 Å². The molecule has 0 spiro atoms. The molecule has 0 bridgehead atoms. The van der Waals surface area contributed by atoms with Crippen molar-refractivity contribution < 1.29 is 28.8 Å². The van der Waals surface area contributed by atoms with Gasteiger partial charge in [0.05, 0.1) is 6.10 Å². The lowest BCUT2D eigenvalue weighted by atomic mass is 9.99. The number of esters is 1. The van der Waals surface area contributed by atoms with Crippen LogP contribution in [0.2, 0.25) is 0 Å². The molecule has 0 amide bonds. The van der Waals surface area contributed by atoms with Gasteiger partial charge in [-0.05, 0) is 6.92 Å². The van der Waals surface area contributed by atoms with Crippen molar-refractivity contribution in [1.82, 2.24) is 0 Å². The van der Waals surface area contributed by atoms with E-state index in [1.54, 1.807) is 6.92 Å². The average Bonchev–Trinajstić information content (AvgIpc) is 2.20. The maximum absolute atomic E-state index is 11.0. The van der Waals surface area contributed by atoms with Crippen molar-refractivity contribution in [2.45, 2.75) is 44.6 Å². The molecule has 0 aliphatic carbocycles. The lowest BCUT2D eigenvalue weighted by Crippen LogP contribution is -2.59. The van der Waals surface area contributed by atoms with E-state index in [4.69, 9.17) is 18.9 Å². The quantitative estimate of drug-likeness (QED) is 0.675. The summed E-state index contributed by atoms with van der Waals surface area (Å²) in [5.41, 5.74) is 0. The van der Waals surface area contributed by atoms with Gasteiger partial charge < -0.3 is 24.1 Å². The highest BCUT2D eigenvalue weighted by Crippen LogP contribution is 2.26. The highest BCUT2D eigenvalue weighted by Gasteiger charge is 2.46. The Labute approximate surface area is 94.4 Å². The van der Waals surface area contributed by atoms with Crippen LogP contribution in [0.5, 0.6) is 0 Å². The smallest absolute Gasteiger partial charge is 0.303 e. The summed E-state index contributed by atoms with van der Waals surface area (Å²) >= 11 is 0. The molecule has 0 radical (unpaired) electrons. The Kier molecular flexibility index (Phi) is 4.67. The highest BCUT2D eigenvalue weighted by atomic mass is 16.7. The van der Waals surface area contributed by atoms with Crippen LogP contribution < -0.4 is 0 Å². The Balaban J connectivity index is 2.82. The number of aliphatic hydroxyl groups excluding tert-OH is 1. The second-order valence-corrected chi connectivity index (χ2v) is 3.71. The van der Waals surface area contributed by atoms with Gasteiger partial charge in [0, 0.05) is 21.1 Å². The topological polar surface area (TPSA) is 74.2 Å². The van der Waals surface area contributed by atoms with Crippen LogP contribution in [-0.2, 0) is 23.7 Å². The van der Waals surface area contributed by atoms with Crippen LogP contribution in [-0.4, -0.2) is 56.0 Å². The van der Waals surface area contributed by atoms with Crippen molar-refractivity contribution in [2.24, 2.45) is 0 Å². The molecule has 0 saturated carbocycles. The van der Waals surface area contributed by atoms with Gasteiger partial charge in [0.25, 0.3) is 0 Å². The van der Waals surface area contributed by atoms with Gasteiger partial charge in [0.1, 0.15) is 12.2 Å². The number of aliphatic hydroxyl groups is 1. The zero-order valence-electron chi connectivity index (χ0n) is 9.88. The van der Waals surface area contributed by atoms with E-state index in [2.05, 4.69) is 0 Å². The van der Waals surface area contributed by atoms with Gasteiger partial charge >= 0.3 is 5.97 Å². The summed E-state index contributed by atoms with van der Waals surface area (Å²) in [6.45, 7) is 3.01. The van der Waals surface area contributed by atoms with Crippen LogP contribution in [0.25, 0.3) is 0 Å². The Bertz CT molecular complexity index is 243. The molecule has 1 rings (SSSR count). The minimum absolute atomic E-state index is 0.422.